The number of carbonyl (C=O) groups excluding carboxylic acids is 1. The maximum atomic E-state index is 12.0. The molecule has 15 heavy (non-hydrogen) atoms. The van der Waals surface area contributed by atoms with Gasteiger partial charge in [0.05, 0.1) is 0 Å². The van der Waals surface area contributed by atoms with Crippen molar-refractivity contribution < 1.29 is 18.0 Å². The lowest BCUT2D eigenvalue weighted by molar-refractivity contribution is -0.184. The van der Waals surface area contributed by atoms with Gasteiger partial charge in [0.25, 0.3) is 0 Å². The monoisotopic (exact) mass is 220 g/mol. The number of hydrogen-bond acceptors (Lipinski definition) is 1. The number of carbonyl (C=O) groups is 1. The highest BCUT2D eigenvalue weighted by Gasteiger charge is 2.40. The molecule has 6 heteroatoms. The molecular weight excluding hydrogens is 209 g/mol. The minimum Gasteiger partial charge on any atom is -0.365 e. The molecule has 1 N–H and O–H groups in total. The molecule has 1 rings (SSSR count). The first-order valence-electron chi connectivity index (χ1n) is 4.36. The lowest BCUT2D eigenvalue weighted by Crippen LogP contribution is -2.39. The minimum absolute atomic E-state index is 0.0405. The number of likely N-dealkylation sites (N-methyl/N-ethyl adjacent to an activating group) is 1. The van der Waals surface area contributed by atoms with Gasteiger partial charge in [0, 0.05) is 31.9 Å². The third-order valence-corrected chi connectivity index (χ3v) is 1.97. The Morgan fingerprint density at radius 2 is 2.20 bits per heavy atom. The Morgan fingerprint density at radius 3 is 2.67 bits per heavy atom. The third-order valence-electron chi connectivity index (χ3n) is 1.97. The van der Waals surface area contributed by atoms with E-state index in [1.807, 2.05) is 0 Å². The summed E-state index contributed by atoms with van der Waals surface area (Å²) in [4.78, 5) is 14.2. The third kappa shape index (κ3) is 3.30. The van der Waals surface area contributed by atoms with Crippen molar-refractivity contribution >= 4 is 5.91 Å². The van der Waals surface area contributed by atoms with E-state index in [2.05, 4.69) is 4.98 Å². The highest BCUT2D eigenvalue weighted by molar-refractivity contribution is 5.81. The lowest BCUT2D eigenvalue weighted by atomic mass is 10.3. The van der Waals surface area contributed by atoms with Gasteiger partial charge in [0.1, 0.15) is 0 Å². The van der Waals surface area contributed by atoms with Gasteiger partial charge >= 0.3 is 12.1 Å². The fraction of sp³-hybridized carbons (Fsp3) is 0.444. The Morgan fingerprint density at radius 1 is 1.53 bits per heavy atom. The summed E-state index contributed by atoms with van der Waals surface area (Å²) in [6.07, 6.45) is -2.73. The highest BCUT2D eigenvalue weighted by atomic mass is 19.4. The average molecular weight is 220 g/mol. The van der Waals surface area contributed by atoms with Gasteiger partial charge in [-0.05, 0) is 12.1 Å². The summed E-state index contributed by atoms with van der Waals surface area (Å²) in [6.45, 7) is 0.0405. The molecule has 0 bridgehead atoms. The fourth-order valence-corrected chi connectivity index (χ4v) is 1.13. The Kier molecular flexibility index (Phi) is 3.39. The van der Waals surface area contributed by atoms with Crippen LogP contribution in [-0.4, -0.2) is 35.6 Å². The van der Waals surface area contributed by atoms with Crippen LogP contribution in [0.4, 0.5) is 13.2 Å². The lowest BCUT2D eigenvalue weighted by Gasteiger charge is -2.17. The summed E-state index contributed by atoms with van der Waals surface area (Å²) >= 11 is 0. The Hall–Kier alpha value is -1.46. The maximum Gasteiger partial charge on any atom is 0.471 e. The molecule has 0 aliphatic heterocycles. The number of amides is 1. The van der Waals surface area contributed by atoms with Crippen molar-refractivity contribution in [3.63, 3.8) is 0 Å². The summed E-state index contributed by atoms with van der Waals surface area (Å²) in [6, 6.07) is 3.51. The van der Waals surface area contributed by atoms with Crippen LogP contribution in [0.5, 0.6) is 0 Å². The Balaban J connectivity index is 2.43. The van der Waals surface area contributed by atoms with Gasteiger partial charge in [-0.3, -0.25) is 4.79 Å². The standard InChI is InChI=1S/C9H11F3N2O/c1-14(8(15)9(10,11)12)6-4-7-3-2-5-13-7/h2-3,5,13H,4,6H2,1H3. The van der Waals surface area contributed by atoms with Gasteiger partial charge in [-0.25, -0.2) is 0 Å². The Bertz CT molecular complexity index is 319. The molecule has 1 aromatic heterocycles. The van der Waals surface area contributed by atoms with Gasteiger partial charge in [0.15, 0.2) is 0 Å². The molecule has 84 valence electrons. The SMILES string of the molecule is CN(CCc1ccc[nH]1)C(=O)C(F)(F)F. The fourth-order valence-electron chi connectivity index (χ4n) is 1.13. The smallest absolute Gasteiger partial charge is 0.365 e. The molecule has 0 aromatic carbocycles. The van der Waals surface area contributed by atoms with Crippen LogP contribution >= 0.6 is 0 Å². The number of H-pyrrole nitrogens is 1. The molecule has 0 saturated heterocycles. The summed E-state index contributed by atoms with van der Waals surface area (Å²) in [5, 5.41) is 0. The molecule has 3 nitrogen and oxygen atoms in total. The van der Waals surface area contributed by atoms with Crippen LogP contribution in [0.25, 0.3) is 0 Å². The van der Waals surface area contributed by atoms with Crippen LogP contribution in [0.15, 0.2) is 18.3 Å². The average Bonchev–Trinajstić information content (AvgIpc) is 2.63. The first-order chi connectivity index (χ1) is 6.91. The normalized spacial score (nSPS) is 11.5. The number of nitrogens with one attached hydrogen (secondary N) is 1. The molecule has 1 aromatic rings. The van der Waals surface area contributed by atoms with Crippen LogP contribution in [0.2, 0.25) is 0 Å². The van der Waals surface area contributed by atoms with E-state index in [9.17, 15) is 18.0 Å². The van der Waals surface area contributed by atoms with Crippen molar-refractivity contribution in [1.82, 2.24) is 9.88 Å². The van der Waals surface area contributed by atoms with Crippen LogP contribution in [0.1, 0.15) is 5.69 Å². The molecule has 1 amide bonds. The molecule has 1 heterocycles. The van der Waals surface area contributed by atoms with E-state index in [0.29, 0.717) is 11.3 Å². The van der Waals surface area contributed by atoms with Gasteiger partial charge in [0.2, 0.25) is 0 Å². The topological polar surface area (TPSA) is 36.1 Å². The second kappa shape index (κ2) is 4.37. The summed E-state index contributed by atoms with van der Waals surface area (Å²) < 4.78 is 35.9. The van der Waals surface area contributed by atoms with Crippen molar-refractivity contribution in [1.29, 1.82) is 0 Å². The van der Waals surface area contributed by atoms with Gasteiger partial charge in [-0.2, -0.15) is 13.2 Å². The molecule has 0 aliphatic rings. The van der Waals surface area contributed by atoms with Crippen molar-refractivity contribution in [2.75, 3.05) is 13.6 Å². The van der Waals surface area contributed by atoms with Crippen molar-refractivity contribution in [2.24, 2.45) is 0 Å². The molecule has 0 aliphatic carbocycles. The van der Waals surface area contributed by atoms with Gasteiger partial charge in [-0.15, -0.1) is 0 Å². The number of alkyl halides is 3. The molecule has 0 saturated carbocycles. The van der Waals surface area contributed by atoms with Crippen molar-refractivity contribution in [2.45, 2.75) is 12.6 Å². The Labute approximate surface area is 84.9 Å². The van der Waals surface area contributed by atoms with Crippen LogP contribution in [-0.2, 0) is 11.2 Å². The van der Waals surface area contributed by atoms with Crippen LogP contribution in [0, 0.1) is 0 Å². The number of halogens is 3. The van der Waals surface area contributed by atoms with E-state index >= 15 is 0 Å². The zero-order valence-electron chi connectivity index (χ0n) is 8.14. The first-order valence-corrected chi connectivity index (χ1v) is 4.36. The van der Waals surface area contributed by atoms with E-state index in [0.717, 1.165) is 12.7 Å². The molecule has 0 spiro atoms. The molecule has 0 fully saturated rings. The first kappa shape index (κ1) is 11.6. The number of nitrogens with zero attached hydrogens (tertiary/aromatic N) is 1. The van der Waals surface area contributed by atoms with Crippen molar-refractivity contribution in [3.8, 4) is 0 Å². The summed E-state index contributed by atoms with van der Waals surface area (Å²) in [5.74, 6) is -1.81. The maximum absolute atomic E-state index is 12.0. The number of rotatable bonds is 3. The van der Waals surface area contributed by atoms with Gasteiger partial charge < -0.3 is 9.88 Å². The number of aromatic nitrogens is 1. The molecule has 0 unspecified atom stereocenters. The second-order valence-electron chi connectivity index (χ2n) is 3.17. The summed E-state index contributed by atoms with van der Waals surface area (Å²) in [7, 11) is 1.14. The van der Waals surface area contributed by atoms with Crippen LogP contribution < -0.4 is 0 Å². The quantitative estimate of drug-likeness (QED) is 0.824. The number of hydrogen-bond donors (Lipinski definition) is 1. The van der Waals surface area contributed by atoms with E-state index in [1.54, 1.807) is 18.3 Å². The zero-order valence-corrected chi connectivity index (χ0v) is 8.14. The molecule has 0 radical (unpaired) electrons. The van der Waals surface area contributed by atoms with E-state index < -0.39 is 12.1 Å². The van der Waals surface area contributed by atoms with E-state index in [-0.39, 0.29) is 6.54 Å². The van der Waals surface area contributed by atoms with Crippen molar-refractivity contribution in [3.05, 3.63) is 24.0 Å². The number of aromatic amines is 1. The minimum atomic E-state index is -4.79. The zero-order chi connectivity index (χ0) is 11.5. The van der Waals surface area contributed by atoms with Gasteiger partial charge in [-0.1, -0.05) is 0 Å². The molecule has 0 atom stereocenters. The molecular formula is C9H11F3N2O. The van der Waals surface area contributed by atoms with E-state index in [4.69, 9.17) is 0 Å². The predicted octanol–water partition coefficient (Wildman–Crippen LogP) is 1.58. The summed E-state index contributed by atoms with van der Waals surface area (Å²) in [5.41, 5.74) is 0.803. The van der Waals surface area contributed by atoms with Crippen LogP contribution in [0.3, 0.4) is 0 Å². The second-order valence-corrected chi connectivity index (χ2v) is 3.17. The largest absolute Gasteiger partial charge is 0.471 e. The highest BCUT2D eigenvalue weighted by Crippen LogP contribution is 2.17. The van der Waals surface area contributed by atoms with E-state index in [1.165, 1.54) is 0 Å². The predicted molar refractivity (Wildman–Crippen MR) is 48.2 cm³/mol.